The van der Waals surface area contributed by atoms with E-state index >= 15 is 0 Å². The zero-order valence-electron chi connectivity index (χ0n) is 10.8. The Kier molecular flexibility index (Phi) is 3.20. The van der Waals surface area contributed by atoms with Crippen molar-refractivity contribution in [3.63, 3.8) is 0 Å². The van der Waals surface area contributed by atoms with Crippen LogP contribution in [0.2, 0.25) is 0 Å². The van der Waals surface area contributed by atoms with Crippen molar-refractivity contribution in [3.05, 3.63) is 48.4 Å². The third-order valence-corrected chi connectivity index (χ3v) is 3.91. The second kappa shape index (κ2) is 4.99. The molecule has 1 saturated heterocycles. The van der Waals surface area contributed by atoms with Gasteiger partial charge in [0.25, 0.3) is 0 Å². The van der Waals surface area contributed by atoms with Crippen molar-refractivity contribution in [2.75, 3.05) is 13.1 Å². The second-order valence-corrected chi connectivity index (χ2v) is 5.06. The molecule has 0 saturated carbocycles. The smallest absolute Gasteiger partial charge is 0.0980 e. The summed E-state index contributed by atoms with van der Waals surface area (Å²) in [5.41, 5.74) is 3.80. The van der Waals surface area contributed by atoms with Crippen molar-refractivity contribution in [1.82, 2.24) is 4.90 Å². The predicted molar refractivity (Wildman–Crippen MR) is 73.4 cm³/mol. The molecule has 2 nitrogen and oxygen atoms in total. The number of benzene rings is 1. The summed E-state index contributed by atoms with van der Waals surface area (Å²) < 4.78 is 5.16. The van der Waals surface area contributed by atoms with Crippen molar-refractivity contribution in [2.45, 2.75) is 25.8 Å². The standard InChI is InChI=1S/C16H19NO/c1-13(17-8-2-3-9-17)14-5-4-6-15(11-14)16-7-10-18-12-16/h4-7,10-13H,2-3,8-9H2,1H3. The Morgan fingerprint density at radius 2 is 1.94 bits per heavy atom. The summed E-state index contributed by atoms with van der Waals surface area (Å²) in [6.07, 6.45) is 6.21. The highest BCUT2D eigenvalue weighted by Gasteiger charge is 2.19. The minimum atomic E-state index is 0.513. The molecular weight excluding hydrogens is 222 g/mol. The zero-order valence-corrected chi connectivity index (χ0v) is 10.8. The van der Waals surface area contributed by atoms with Gasteiger partial charge in [0.15, 0.2) is 0 Å². The summed E-state index contributed by atoms with van der Waals surface area (Å²) >= 11 is 0. The van der Waals surface area contributed by atoms with Gasteiger partial charge in [0.05, 0.1) is 12.5 Å². The summed E-state index contributed by atoms with van der Waals surface area (Å²) in [5, 5.41) is 0. The fourth-order valence-electron chi connectivity index (χ4n) is 2.75. The minimum absolute atomic E-state index is 0.513. The largest absolute Gasteiger partial charge is 0.472 e. The monoisotopic (exact) mass is 241 g/mol. The van der Waals surface area contributed by atoms with Crippen LogP contribution in [0.25, 0.3) is 11.1 Å². The number of hydrogen-bond acceptors (Lipinski definition) is 2. The molecule has 1 aliphatic rings. The Hall–Kier alpha value is -1.54. The first-order chi connectivity index (χ1) is 8.84. The van der Waals surface area contributed by atoms with Crippen molar-refractivity contribution in [2.24, 2.45) is 0 Å². The van der Waals surface area contributed by atoms with Gasteiger partial charge in [-0.15, -0.1) is 0 Å². The number of likely N-dealkylation sites (tertiary alicyclic amines) is 1. The maximum Gasteiger partial charge on any atom is 0.0980 e. The molecule has 1 aromatic heterocycles. The molecule has 0 radical (unpaired) electrons. The highest BCUT2D eigenvalue weighted by Crippen LogP contribution is 2.28. The Morgan fingerprint density at radius 3 is 2.67 bits per heavy atom. The molecule has 0 spiro atoms. The van der Waals surface area contributed by atoms with Crippen LogP contribution < -0.4 is 0 Å². The molecule has 0 bridgehead atoms. The summed E-state index contributed by atoms with van der Waals surface area (Å²) in [7, 11) is 0. The molecule has 0 N–H and O–H groups in total. The fourth-order valence-corrected chi connectivity index (χ4v) is 2.75. The molecule has 0 amide bonds. The van der Waals surface area contributed by atoms with Crippen LogP contribution in [0.1, 0.15) is 31.4 Å². The number of nitrogens with zero attached hydrogens (tertiary/aromatic N) is 1. The fraction of sp³-hybridized carbons (Fsp3) is 0.375. The van der Waals surface area contributed by atoms with Gasteiger partial charge in [0.1, 0.15) is 0 Å². The molecule has 94 valence electrons. The van der Waals surface area contributed by atoms with Crippen LogP contribution >= 0.6 is 0 Å². The molecule has 2 heteroatoms. The summed E-state index contributed by atoms with van der Waals surface area (Å²) in [4.78, 5) is 2.56. The molecule has 1 fully saturated rings. The lowest BCUT2D eigenvalue weighted by atomic mass is 10.0. The summed E-state index contributed by atoms with van der Waals surface area (Å²) in [5.74, 6) is 0. The van der Waals surface area contributed by atoms with E-state index in [0.29, 0.717) is 6.04 Å². The van der Waals surface area contributed by atoms with Crippen LogP contribution in [0, 0.1) is 0 Å². The van der Waals surface area contributed by atoms with Crippen LogP contribution in [-0.4, -0.2) is 18.0 Å². The quantitative estimate of drug-likeness (QED) is 0.804. The van der Waals surface area contributed by atoms with Crippen molar-refractivity contribution >= 4 is 0 Å². The van der Waals surface area contributed by atoms with Crippen LogP contribution in [-0.2, 0) is 0 Å². The van der Waals surface area contributed by atoms with Gasteiger partial charge in [0.2, 0.25) is 0 Å². The normalized spacial score (nSPS) is 18.1. The SMILES string of the molecule is CC(c1cccc(-c2ccoc2)c1)N1CCCC1. The number of furan rings is 1. The van der Waals surface area contributed by atoms with E-state index in [2.05, 4.69) is 36.1 Å². The third-order valence-electron chi connectivity index (χ3n) is 3.91. The van der Waals surface area contributed by atoms with Crippen LogP contribution in [0.15, 0.2) is 47.3 Å². The van der Waals surface area contributed by atoms with Crippen molar-refractivity contribution in [3.8, 4) is 11.1 Å². The number of hydrogen-bond donors (Lipinski definition) is 0. The Labute approximate surface area is 108 Å². The summed E-state index contributed by atoms with van der Waals surface area (Å²) in [6, 6.07) is 11.3. The third kappa shape index (κ3) is 2.21. The zero-order chi connectivity index (χ0) is 12.4. The van der Waals surface area contributed by atoms with E-state index in [4.69, 9.17) is 4.42 Å². The van der Waals surface area contributed by atoms with E-state index in [-0.39, 0.29) is 0 Å². The first kappa shape index (κ1) is 11.5. The number of rotatable bonds is 3. The first-order valence-corrected chi connectivity index (χ1v) is 6.71. The highest BCUT2D eigenvalue weighted by atomic mass is 16.3. The summed E-state index contributed by atoms with van der Waals surface area (Å²) in [6.45, 7) is 4.77. The Balaban J connectivity index is 1.86. The van der Waals surface area contributed by atoms with Crippen LogP contribution in [0.3, 0.4) is 0 Å². The predicted octanol–water partition coefficient (Wildman–Crippen LogP) is 4.10. The minimum Gasteiger partial charge on any atom is -0.472 e. The molecule has 1 atom stereocenters. The van der Waals surface area contributed by atoms with Gasteiger partial charge < -0.3 is 4.42 Å². The van der Waals surface area contributed by atoms with Gasteiger partial charge in [-0.25, -0.2) is 0 Å². The van der Waals surface area contributed by atoms with E-state index in [0.717, 1.165) is 5.56 Å². The van der Waals surface area contributed by atoms with E-state index < -0.39 is 0 Å². The van der Waals surface area contributed by atoms with Gasteiger partial charge in [-0.1, -0.05) is 18.2 Å². The maximum absolute atomic E-state index is 5.16. The molecule has 0 aliphatic carbocycles. The van der Waals surface area contributed by atoms with E-state index in [1.54, 1.807) is 12.5 Å². The lowest BCUT2D eigenvalue weighted by Gasteiger charge is -2.24. The molecule has 1 aliphatic heterocycles. The van der Waals surface area contributed by atoms with Crippen molar-refractivity contribution < 1.29 is 4.42 Å². The Bertz CT molecular complexity index is 498. The molecule has 2 heterocycles. The average molecular weight is 241 g/mol. The molecule has 18 heavy (non-hydrogen) atoms. The maximum atomic E-state index is 5.16. The van der Waals surface area contributed by atoms with Gasteiger partial charge >= 0.3 is 0 Å². The van der Waals surface area contributed by atoms with Gasteiger partial charge in [0, 0.05) is 11.6 Å². The lowest BCUT2D eigenvalue weighted by Crippen LogP contribution is -2.23. The first-order valence-electron chi connectivity index (χ1n) is 6.71. The second-order valence-electron chi connectivity index (χ2n) is 5.06. The lowest BCUT2D eigenvalue weighted by molar-refractivity contribution is 0.263. The molecule has 2 aromatic rings. The van der Waals surface area contributed by atoms with Crippen LogP contribution in [0.5, 0.6) is 0 Å². The van der Waals surface area contributed by atoms with E-state index in [9.17, 15) is 0 Å². The van der Waals surface area contributed by atoms with Crippen molar-refractivity contribution in [1.29, 1.82) is 0 Å². The van der Waals surface area contributed by atoms with E-state index in [1.807, 2.05) is 6.07 Å². The molecule has 1 unspecified atom stereocenters. The van der Waals surface area contributed by atoms with E-state index in [1.165, 1.54) is 37.1 Å². The average Bonchev–Trinajstić information content (AvgIpc) is 3.11. The van der Waals surface area contributed by atoms with Gasteiger partial charge in [-0.2, -0.15) is 0 Å². The molecular formula is C16H19NO. The topological polar surface area (TPSA) is 16.4 Å². The van der Waals surface area contributed by atoms with Gasteiger partial charge in [-0.05, 0) is 56.1 Å². The van der Waals surface area contributed by atoms with Gasteiger partial charge in [-0.3, -0.25) is 4.90 Å². The van der Waals surface area contributed by atoms with Crippen LogP contribution in [0.4, 0.5) is 0 Å². The Morgan fingerprint density at radius 1 is 1.11 bits per heavy atom. The highest BCUT2D eigenvalue weighted by molar-refractivity contribution is 5.62. The molecule has 3 rings (SSSR count). The molecule has 1 aromatic carbocycles.